The molecule has 98 valence electrons. The Labute approximate surface area is 112 Å². The molecule has 0 radical (unpaired) electrons. The van der Waals surface area contributed by atoms with Crippen molar-refractivity contribution in [2.24, 2.45) is 0 Å². The molecule has 1 saturated heterocycles. The fraction of sp³-hybridized carbons (Fsp3) is 0.583. The SMILES string of the molecule is CCCc1nc(Cl)cc(NC2CCN(C)C2=O)n1. The molecule has 0 saturated carbocycles. The molecule has 0 aliphatic carbocycles. The number of hydrogen-bond acceptors (Lipinski definition) is 4. The summed E-state index contributed by atoms with van der Waals surface area (Å²) in [5.41, 5.74) is 0. The van der Waals surface area contributed by atoms with Gasteiger partial charge in [0.1, 0.15) is 22.8 Å². The molecular formula is C12H17ClN4O. The van der Waals surface area contributed by atoms with Gasteiger partial charge in [-0.15, -0.1) is 0 Å². The molecule has 1 N–H and O–H groups in total. The van der Waals surface area contributed by atoms with Gasteiger partial charge in [0.2, 0.25) is 5.91 Å². The predicted octanol–water partition coefficient (Wildman–Crippen LogP) is 1.73. The Hall–Kier alpha value is -1.36. The number of amides is 1. The predicted molar refractivity (Wildman–Crippen MR) is 70.7 cm³/mol. The molecule has 1 amide bonds. The zero-order valence-corrected chi connectivity index (χ0v) is 11.4. The number of aromatic nitrogens is 2. The first kappa shape index (κ1) is 13.1. The van der Waals surface area contributed by atoms with Crippen LogP contribution in [-0.4, -0.2) is 40.4 Å². The zero-order chi connectivity index (χ0) is 13.1. The van der Waals surface area contributed by atoms with Crippen molar-refractivity contribution in [3.05, 3.63) is 17.0 Å². The standard InChI is InChI=1S/C12H17ClN4O/c1-3-4-10-15-9(13)7-11(16-10)14-8-5-6-17(2)12(8)18/h7-8H,3-6H2,1-2H3,(H,14,15,16). The van der Waals surface area contributed by atoms with Crippen LogP contribution < -0.4 is 5.32 Å². The van der Waals surface area contributed by atoms with Crippen LogP contribution in [0.3, 0.4) is 0 Å². The van der Waals surface area contributed by atoms with Gasteiger partial charge in [0, 0.05) is 26.1 Å². The van der Waals surface area contributed by atoms with Gasteiger partial charge in [-0.1, -0.05) is 18.5 Å². The number of nitrogens with zero attached hydrogens (tertiary/aromatic N) is 3. The highest BCUT2D eigenvalue weighted by molar-refractivity contribution is 6.29. The van der Waals surface area contributed by atoms with Crippen molar-refractivity contribution in [3.63, 3.8) is 0 Å². The third kappa shape index (κ3) is 2.90. The van der Waals surface area contributed by atoms with Crippen molar-refractivity contribution >= 4 is 23.3 Å². The molecule has 18 heavy (non-hydrogen) atoms. The number of aryl methyl sites for hydroxylation is 1. The van der Waals surface area contributed by atoms with Gasteiger partial charge in [-0.2, -0.15) is 0 Å². The number of hydrogen-bond donors (Lipinski definition) is 1. The van der Waals surface area contributed by atoms with Gasteiger partial charge in [-0.3, -0.25) is 4.79 Å². The van der Waals surface area contributed by atoms with E-state index < -0.39 is 0 Å². The third-order valence-corrected chi connectivity index (χ3v) is 3.16. The Bertz CT molecular complexity index is 452. The van der Waals surface area contributed by atoms with Gasteiger partial charge < -0.3 is 10.2 Å². The summed E-state index contributed by atoms with van der Waals surface area (Å²) < 4.78 is 0. The summed E-state index contributed by atoms with van der Waals surface area (Å²) in [6, 6.07) is 1.46. The molecule has 6 heteroatoms. The first-order chi connectivity index (χ1) is 8.60. The van der Waals surface area contributed by atoms with E-state index in [0.29, 0.717) is 16.8 Å². The number of likely N-dealkylation sites (N-methyl/N-ethyl adjacent to an activating group) is 1. The monoisotopic (exact) mass is 268 g/mol. The Morgan fingerprint density at radius 3 is 2.94 bits per heavy atom. The van der Waals surface area contributed by atoms with E-state index in [1.807, 2.05) is 0 Å². The molecule has 1 aliphatic heterocycles. The van der Waals surface area contributed by atoms with Crippen molar-refractivity contribution < 1.29 is 4.79 Å². The van der Waals surface area contributed by atoms with Crippen LogP contribution in [0.25, 0.3) is 0 Å². The second-order valence-electron chi connectivity index (χ2n) is 4.49. The lowest BCUT2D eigenvalue weighted by Gasteiger charge is -2.13. The van der Waals surface area contributed by atoms with Crippen LogP contribution >= 0.6 is 11.6 Å². The summed E-state index contributed by atoms with van der Waals surface area (Å²) in [4.78, 5) is 22.0. The average Bonchev–Trinajstić information content (AvgIpc) is 2.61. The Kier molecular flexibility index (Phi) is 4.01. The number of nitrogens with one attached hydrogen (secondary N) is 1. The lowest BCUT2D eigenvalue weighted by atomic mass is 10.2. The maximum Gasteiger partial charge on any atom is 0.244 e. The lowest BCUT2D eigenvalue weighted by molar-refractivity contribution is -0.127. The van der Waals surface area contributed by atoms with Gasteiger partial charge in [0.25, 0.3) is 0 Å². The first-order valence-corrected chi connectivity index (χ1v) is 6.53. The molecule has 0 bridgehead atoms. The molecule has 1 unspecified atom stereocenters. The topological polar surface area (TPSA) is 58.1 Å². The minimum Gasteiger partial charge on any atom is -0.358 e. The van der Waals surface area contributed by atoms with Crippen LogP contribution in [0.15, 0.2) is 6.07 Å². The highest BCUT2D eigenvalue weighted by Gasteiger charge is 2.29. The average molecular weight is 269 g/mol. The smallest absolute Gasteiger partial charge is 0.244 e. The van der Waals surface area contributed by atoms with Crippen molar-refractivity contribution in [2.75, 3.05) is 18.9 Å². The molecule has 2 heterocycles. The van der Waals surface area contributed by atoms with Crippen molar-refractivity contribution in [3.8, 4) is 0 Å². The quantitative estimate of drug-likeness (QED) is 0.845. The van der Waals surface area contributed by atoms with Crippen LogP contribution in [0.5, 0.6) is 0 Å². The van der Waals surface area contributed by atoms with E-state index >= 15 is 0 Å². The molecular weight excluding hydrogens is 252 g/mol. The van der Waals surface area contributed by atoms with Crippen molar-refractivity contribution in [1.29, 1.82) is 0 Å². The van der Waals surface area contributed by atoms with E-state index in [1.165, 1.54) is 0 Å². The van der Waals surface area contributed by atoms with Crippen molar-refractivity contribution in [1.82, 2.24) is 14.9 Å². The molecule has 5 nitrogen and oxygen atoms in total. The summed E-state index contributed by atoms with van der Waals surface area (Å²) in [5.74, 6) is 1.44. The number of halogens is 1. The summed E-state index contributed by atoms with van der Waals surface area (Å²) >= 11 is 5.95. The zero-order valence-electron chi connectivity index (χ0n) is 10.6. The summed E-state index contributed by atoms with van der Waals surface area (Å²) in [7, 11) is 1.81. The lowest BCUT2D eigenvalue weighted by Crippen LogP contribution is -2.31. The maximum atomic E-state index is 11.8. The second kappa shape index (κ2) is 5.52. The molecule has 1 aliphatic rings. The summed E-state index contributed by atoms with van der Waals surface area (Å²) in [6.45, 7) is 2.84. The number of carbonyl (C=O) groups is 1. The van der Waals surface area contributed by atoms with E-state index in [9.17, 15) is 4.79 Å². The number of carbonyl (C=O) groups excluding carboxylic acids is 1. The maximum absolute atomic E-state index is 11.8. The van der Waals surface area contributed by atoms with Crippen LogP contribution in [0.1, 0.15) is 25.6 Å². The molecule has 0 aromatic carbocycles. The molecule has 1 aromatic heterocycles. The van der Waals surface area contributed by atoms with Crippen LogP contribution in [0.4, 0.5) is 5.82 Å². The van der Waals surface area contributed by atoms with Gasteiger partial charge in [0.05, 0.1) is 0 Å². The highest BCUT2D eigenvalue weighted by atomic mass is 35.5. The van der Waals surface area contributed by atoms with E-state index in [4.69, 9.17) is 11.6 Å². The van der Waals surface area contributed by atoms with E-state index in [2.05, 4.69) is 22.2 Å². The van der Waals surface area contributed by atoms with Gasteiger partial charge in [0.15, 0.2) is 0 Å². The minimum absolute atomic E-state index is 0.0989. The number of rotatable bonds is 4. The number of likely N-dealkylation sites (tertiary alicyclic amines) is 1. The van der Waals surface area contributed by atoms with Gasteiger partial charge >= 0.3 is 0 Å². The van der Waals surface area contributed by atoms with E-state index in [0.717, 1.165) is 25.8 Å². The third-order valence-electron chi connectivity index (χ3n) is 2.96. The summed E-state index contributed by atoms with van der Waals surface area (Å²) in [5, 5.41) is 3.55. The van der Waals surface area contributed by atoms with E-state index in [1.54, 1.807) is 18.0 Å². The fourth-order valence-electron chi connectivity index (χ4n) is 2.01. The van der Waals surface area contributed by atoms with E-state index in [-0.39, 0.29) is 11.9 Å². The summed E-state index contributed by atoms with van der Waals surface area (Å²) in [6.07, 6.45) is 2.54. The van der Waals surface area contributed by atoms with Crippen LogP contribution in [-0.2, 0) is 11.2 Å². The molecule has 1 fully saturated rings. The molecule has 2 rings (SSSR count). The largest absolute Gasteiger partial charge is 0.358 e. The molecule has 1 atom stereocenters. The Morgan fingerprint density at radius 2 is 2.33 bits per heavy atom. The van der Waals surface area contributed by atoms with Crippen LogP contribution in [0, 0.1) is 0 Å². The first-order valence-electron chi connectivity index (χ1n) is 6.15. The molecule has 1 aromatic rings. The number of anilines is 1. The highest BCUT2D eigenvalue weighted by Crippen LogP contribution is 2.17. The second-order valence-corrected chi connectivity index (χ2v) is 4.87. The Balaban J connectivity index is 2.11. The Morgan fingerprint density at radius 1 is 1.56 bits per heavy atom. The van der Waals surface area contributed by atoms with Gasteiger partial charge in [-0.25, -0.2) is 9.97 Å². The molecule has 0 spiro atoms. The normalized spacial score (nSPS) is 19.4. The van der Waals surface area contributed by atoms with Crippen LogP contribution in [0.2, 0.25) is 5.15 Å². The van der Waals surface area contributed by atoms with Gasteiger partial charge in [-0.05, 0) is 12.8 Å². The fourth-order valence-corrected chi connectivity index (χ4v) is 2.21. The van der Waals surface area contributed by atoms with Crippen molar-refractivity contribution in [2.45, 2.75) is 32.2 Å². The minimum atomic E-state index is -0.199.